The van der Waals surface area contributed by atoms with Crippen molar-refractivity contribution in [3.63, 3.8) is 0 Å². The van der Waals surface area contributed by atoms with E-state index >= 15 is 0 Å². The Balaban J connectivity index is 2.23. The predicted octanol–water partition coefficient (Wildman–Crippen LogP) is 0.891. The Morgan fingerprint density at radius 3 is 2.78 bits per heavy atom. The van der Waals surface area contributed by atoms with Gasteiger partial charge in [0.2, 0.25) is 10.0 Å². The van der Waals surface area contributed by atoms with Crippen molar-refractivity contribution < 1.29 is 8.42 Å². The van der Waals surface area contributed by atoms with Gasteiger partial charge in [-0.15, -0.1) is 0 Å². The van der Waals surface area contributed by atoms with Crippen molar-refractivity contribution in [2.24, 2.45) is 0 Å². The van der Waals surface area contributed by atoms with Crippen LogP contribution in [-0.4, -0.2) is 32.2 Å². The minimum absolute atomic E-state index is 0.172. The fourth-order valence-electron chi connectivity index (χ4n) is 1.48. The van der Waals surface area contributed by atoms with E-state index in [0.717, 1.165) is 25.2 Å². The van der Waals surface area contributed by atoms with E-state index in [1.807, 2.05) is 13.0 Å². The Morgan fingerprint density at radius 2 is 2.11 bits per heavy atom. The van der Waals surface area contributed by atoms with Crippen molar-refractivity contribution in [3.8, 4) is 0 Å². The summed E-state index contributed by atoms with van der Waals surface area (Å²) in [6, 6.07) is 5.44. The van der Waals surface area contributed by atoms with Gasteiger partial charge in [-0.2, -0.15) is 0 Å². The Labute approximate surface area is 109 Å². The van der Waals surface area contributed by atoms with Gasteiger partial charge in [-0.3, -0.25) is 4.98 Å². The van der Waals surface area contributed by atoms with Crippen LogP contribution in [0.15, 0.2) is 24.4 Å². The van der Waals surface area contributed by atoms with Crippen LogP contribution in [0.25, 0.3) is 0 Å². The molecule has 0 fully saturated rings. The first-order valence-corrected chi connectivity index (χ1v) is 7.87. The normalized spacial score (nSPS) is 11.6. The smallest absolute Gasteiger partial charge is 0.211 e. The molecule has 102 valence electrons. The third-order valence-electron chi connectivity index (χ3n) is 2.47. The van der Waals surface area contributed by atoms with Crippen LogP contribution in [0.1, 0.15) is 25.5 Å². The van der Waals surface area contributed by atoms with Crippen LogP contribution in [0.3, 0.4) is 0 Å². The topological polar surface area (TPSA) is 71.1 Å². The predicted molar refractivity (Wildman–Crippen MR) is 72.6 cm³/mol. The quantitative estimate of drug-likeness (QED) is 0.654. The number of rotatable bonds is 9. The third kappa shape index (κ3) is 6.68. The Kier molecular flexibility index (Phi) is 6.85. The molecular formula is C12H21N3O2S. The monoisotopic (exact) mass is 271 g/mol. The van der Waals surface area contributed by atoms with Gasteiger partial charge < -0.3 is 5.32 Å². The van der Waals surface area contributed by atoms with Gasteiger partial charge in [0.25, 0.3) is 0 Å². The largest absolute Gasteiger partial charge is 0.317 e. The maximum atomic E-state index is 11.7. The molecule has 0 saturated carbocycles. The number of nitrogens with zero attached hydrogens (tertiary/aromatic N) is 1. The molecular weight excluding hydrogens is 250 g/mol. The molecule has 0 bridgehead atoms. The fourth-order valence-corrected chi connectivity index (χ4v) is 2.57. The van der Waals surface area contributed by atoms with Crippen molar-refractivity contribution in [3.05, 3.63) is 30.1 Å². The second kappa shape index (κ2) is 8.18. The van der Waals surface area contributed by atoms with Crippen LogP contribution in [0, 0.1) is 0 Å². The number of sulfonamides is 1. The van der Waals surface area contributed by atoms with Gasteiger partial charge in [0.15, 0.2) is 0 Å². The van der Waals surface area contributed by atoms with Gasteiger partial charge >= 0.3 is 0 Å². The molecule has 5 nitrogen and oxygen atoms in total. The molecule has 18 heavy (non-hydrogen) atoms. The first-order chi connectivity index (χ1) is 8.64. The van der Waals surface area contributed by atoms with Gasteiger partial charge in [0.1, 0.15) is 0 Å². The number of nitrogens with one attached hydrogen (secondary N) is 2. The molecule has 0 spiro atoms. The van der Waals surface area contributed by atoms with Gasteiger partial charge in [-0.25, -0.2) is 13.1 Å². The average Bonchev–Trinajstić information content (AvgIpc) is 2.38. The number of hydrogen-bond donors (Lipinski definition) is 2. The maximum Gasteiger partial charge on any atom is 0.211 e. The van der Waals surface area contributed by atoms with Crippen LogP contribution in [-0.2, 0) is 16.6 Å². The summed E-state index contributed by atoms with van der Waals surface area (Å²) in [7, 11) is -3.18. The lowest BCUT2D eigenvalue weighted by Gasteiger charge is -2.06. The molecule has 1 aromatic heterocycles. The Hall–Kier alpha value is -0.980. The number of hydrogen-bond acceptors (Lipinski definition) is 4. The highest BCUT2D eigenvalue weighted by Gasteiger charge is 2.09. The van der Waals surface area contributed by atoms with E-state index in [0.29, 0.717) is 6.42 Å². The highest BCUT2D eigenvalue weighted by atomic mass is 32.2. The minimum atomic E-state index is -3.18. The number of unbranched alkanes of at least 4 members (excludes halogenated alkanes) is 1. The van der Waals surface area contributed by atoms with Crippen molar-refractivity contribution in [1.29, 1.82) is 0 Å². The summed E-state index contributed by atoms with van der Waals surface area (Å²) in [6.45, 7) is 4.08. The van der Waals surface area contributed by atoms with Crippen molar-refractivity contribution in [2.75, 3.05) is 18.8 Å². The van der Waals surface area contributed by atoms with Crippen LogP contribution in [0.2, 0.25) is 0 Å². The molecule has 0 aromatic carbocycles. The van der Waals surface area contributed by atoms with Crippen LogP contribution >= 0.6 is 0 Å². The zero-order valence-corrected chi connectivity index (χ0v) is 11.5. The summed E-state index contributed by atoms with van der Waals surface area (Å²) in [5.74, 6) is 0.172. The van der Waals surface area contributed by atoms with Crippen LogP contribution in [0.4, 0.5) is 0 Å². The van der Waals surface area contributed by atoms with E-state index in [2.05, 4.69) is 15.0 Å². The van der Waals surface area contributed by atoms with E-state index in [4.69, 9.17) is 0 Å². The maximum absolute atomic E-state index is 11.7. The Bertz CT molecular complexity index is 420. The van der Waals surface area contributed by atoms with Gasteiger partial charge in [0, 0.05) is 6.20 Å². The summed E-state index contributed by atoms with van der Waals surface area (Å²) in [5.41, 5.74) is 0.730. The second-order valence-corrected chi connectivity index (χ2v) is 5.95. The molecule has 0 aliphatic carbocycles. The zero-order chi connectivity index (χ0) is 13.3. The summed E-state index contributed by atoms with van der Waals surface area (Å²) >= 11 is 0. The first kappa shape index (κ1) is 15.1. The number of pyridine rings is 1. The highest BCUT2D eigenvalue weighted by Crippen LogP contribution is 1.97. The van der Waals surface area contributed by atoms with Gasteiger partial charge in [-0.05, 0) is 38.1 Å². The highest BCUT2D eigenvalue weighted by molar-refractivity contribution is 7.89. The first-order valence-electron chi connectivity index (χ1n) is 6.22. The molecule has 0 atom stereocenters. The van der Waals surface area contributed by atoms with Crippen molar-refractivity contribution in [2.45, 2.75) is 26.3 Å². The van der Waals surface area contributed by atoms with Crippen LogP contribution < -0.4 is 10.0 Å². The molecule has 1 rings (SSSR count). The molecule has 0 unspecified atom stereocenters. The molecule has 0 saturated heterocycles. The molecule has 1 heterocycles. The van der Waals surface area contributed by atoms with Crippen molar-refractivity contribution in [1.82, 2.24) is 15.0 Å². The zero-order valence-electron chi connectivity index (χ0n) is 10.7. The van der Waals surface area contributed by atoms with E-state index in [1.54, 1.807) is 18.3 Å². The lowest BCUT2D eigenvalue weighted by atomic mass is 10.3. The second-order valence-electron chi connectivity index (χ2n) is 4.02. The molecule has 1 aromatic rings. The molecule has 6 heteroatoms. The molecule has 0 amide bonds. The van der Waals surface area contributed by atoms with Gasteiger partial charge in [-0.1, -0.05) is 13.0 Å². The number of aromatic nitrogens is 1. The van der Waals surface area contributed by atoms with Crippen LogP contribution in [0.5, 0.6) is 0 Å². The Morgan fingerprint density at radius 1 is 1.28 bits per heavy atom. The lowest BCUT2D eigenvalue weighted by Crippen LogP contribution is -2.26. The minimum Gasteiger partial charge on any atom is -0.317 e. The van der Waals surface area contributed by atoms with Crippen molar-refractivity contribution >= 4 is 10.0 Å². The SMILES string of the molecule is CCNCCCCS(=O)(=O)NCc1ccccn1. The standard InChI is InChI=1S/C12H21N3O2S/c1-2-13-8-5-6-10-18(16,17)15-11-12-7-3-4-9-14-12/h3-4,7,9,13,15H,2,5-6,8,10-11H2,1H3. The fraction of sp³-hybridized carbons (Fsp3) is 0.583. The van der Waals surface area contributed by atoms with E-state index in [-0.39, 0.29) is 12.3 Å². The van der Waals surface area contributed by atoms with E-state index < -0.39 is 10.0 Å². The van der Waals surface area contributed by atoms with E-state index in [1.165, 1.54) is 0 Å². The lowest BCUT2D eigenvalue weighted by molar-refractivity contribution is 0.573. The van der Waals surface area contributed by atoms with E-state index in [9.17, 15) is 8.42 Å². The summed E-state index contributed by atoms with van der Waals surface area (Å²) in [4.78, 5) is 4.07. The third-order valence-corrected chi connectivity index (χ3v) is 3.88. The molecule has 0 aliphatic rings. The molecule has 0 radical (unpaired) electrons. The average molecular weight is 271 g/mol. The molecule has 2 N–H and O–H groups in total. The van der Waals surface area contributed by atoms with Gasteiger partial charge in [0.05, 0.1) is 18.0 Å². The summed E-state index contributed by atoms with van der Waals surface area (Å²) in [6.07, 6.45) is 3.20. The molecule has 0 aliphatic heterocycles. The summed E-state index contributed by atoms with van der Waals surface area (Å²) in [5, 5.41) is 3.17. The summed E-state index contributed by atoms with van der Waals surface area (Å²) < 4.78 is 25.9.